The van der Waals surface area contributed by atoms with Gasteiger partial charge in [0.25, 0.3) is 0 Å². The Morgan fingerprint density at radius 1 is 1.38 bits per heavy atom. The van der Waals surface area contributed by atoms with E-state index in [1.54, 1.807) is 0 Å². The maximum absolute atomic E-state index is 5.87. The van der Waals surface area contributed by atoms with Crippen LogP contribution in [0.2, 0.25) is 0 Å². The van der Waals surface area contributed by atoms with E-state index in [0.29, 0.717) is 5.92 Å². The van der Waals surface area contributed by atoms with Crippen LogP contribution >= 0.6 is 0 Å². The number of ether oxygens (including phenoxy) is 1. The molecular formula is C14H21NO. The largest absolute Gasteiger partial charge is 0.477 e. The van der Waals surface area contributed by atoms with Crippen molar-refractivity contribution in [1.29, 1.82) is 0 Å². The number of hydrogen-bond acceptors (Lipinski definition) is 2. The zero-order chi connectivity index (χ0) is 11.5. The summed E-state index contributed by atoms with van der Waals surface area (Å²) in [6.07, 6.45) is 4.01. The highest BCUT2D eigenvalue weighted by atomic mass is 16.5. The minimum absolute atomic E-state index is 0.476. The highest BCUT2D eigenvalue weighted by molar-refractivity contribution is 5.30. The lowest BCUT2D eigenvalue weighted by Crippen LogP contribution is -2.20. The Kier molecular flexibility index (Phi) is 3.47. The molecule has 0 atom stereocenters. The molecule has 0 aromatic carbocycles. The summed E-state index contributed by atoms with van der Waals surface area (Å²) < 4.78 is 5.87. The third kappa shape index (κ3) is 2.55. The van der Waals surface area contributed by atoms with E-state index < -0.39 is 0 Å². The van der Waals surface area contributed by atoms with Crippen molar-refractivity contribution >= 4 is 0 Å². The van der Waals surface area contributed by atoms with Crippen molar-refractivity contribution in [1.82, 2.24) is 4.98 Å². The van der Waals surface area contributed by atoms with Gasteiger partial charge in [0, 0.05) is 11.3 Å². The lowest BCUT2D eigenvalue weighted by Gasteiger charge is -2.25. The van der Waals surface area contributed by atoms with Gasteiger partial charge in [0.2, 0.25) is 5.88 Å². The van der Waals surface area contributed by atoms with E-state index in [4.69, 9.17) is 4.74 Å². The van der Waals surface area contributed by atoms with Crippen LogP contribution in [0, 0.1) is 12.8 Å². The van der Waals surface area contributed by atoms with Crippen molar-refractivity contribution in [2.75, 3.05) is 6.61 Å². The van der Waals surface area contributed by atoms with Gasteiger partial charge in [-0.3, -0.25) is 0 Å². The molecule has 0 bridgehead atoms. The molecule has 16 heavy (non-hydrogen) atoms. The van der Waals surface area contributed by atoms with Crippen molar-refractivity contribution in [3.05, 3.63) is 23.4 Å². The zero-order valence-electron chi connectivity index (χ0n) is 10.5. The van der Waals surface area contributed by atoms with Gasteiger partial charge in [0.1, 0.15) is 0 Å². The molecule has 0 saturated heterocycles. The third-order valence-corrected chi connectivity index (χ3v) is 3.33. The van der Waals surface area contributed by atoms with Crippen LogP contribution in [0.15, 0.2) is 12.1 Å². The molecule has 2 heteroatoms. The number of aryl methyl sites for hydroxylation is 1. The van der Waals surface area contributed by atoms with Crippen LogP contribution in [-0.2, 0) is 0 Å². The van der Waals surface area contributed by atoms with E-state index in [2.05, 4.69) is 31.0 Å². The fourth-order valence-corrected chi connectivity index (χ4v) is 1.95. The van der Waals surface area contributed by atoms with E-state index in [-0.39, 0.29) is 0 Å². The highest BCUT2D eigenvalue weighted by Gasteiger charge is 2.19. The molecule has 2 rings (SSSR count). The smallest absolute Gasteiger partial charge is 0.217 e. The van der Waals surface area contributed by atoms with Crippen molar-refractivity contribution in [2.45, 2.75) is 46.0 Å². The summed E-state index contributed by atoms with van der Waals surface area (Å²) in [7, 11) is 0. The lowest BCUT2D eigenvalue weighted by atomic mass is 9.86. The normalized spacial score (nSPS) is 16.2. The average molecular weight is 219 g/mol. The first-order valence-corrected chi connectivity index (χ1v) is 6.27. The summed E-state index contributed by atoms with van der Waals surface area (Å²) in [5, 5.41) is 0. The Hall–Kier alpha value is -1.05. The van der Waals surface area contributed by atoms with Gasteiger partial charge in [-0.15, -0.1) is 0 Å². The molecule has 1 saturated carbocycles. The molecule has 0 aliphatic heterocycles. The predicted octanol–water partition coefficient (Wildman–Crippen LogP) is 3.69. The number of nitrogens with zero attached hydrogens (tertiary/aromatic N) is 1. The summed E-state index contributed by atoms with van der Waals surface area (Å²) in [6, 6.07) is 4.20. The molecule has 2 nitrogen and oxygen atoms in total. The molecule has 0 radical (unpaired) electrons. The number of hydrogen-bond donors (Lipinski definition) is 0. The summed E-state index contributed by atoms with van der Waals surface area (Å²) >= 11 is 0. The van der Waals surface area contributed by atoms with Crippen LogP contribution in [0.3, 0.4) is 0 Å². The average Bonchev–Trinajstić information content (AvgIpc) is 2.14. The predicted molar refractivity (Wildman–Crippen MR) is 65.9 cm³/mol. The molecule has 1 aliphatic carbocycles. The molecule has 1 heterocycles. The Bertz CT molecular complexity index is 356. The van der Waals surface area contributed by atoms with Gasteiger partial charge in [-0.05, 0) is 37.7 Å². The second-order valence-electron chi connectivity index (χ2n) is 5.11. The number of aromatic nitrogens is 1. The fraction of sp³-hybridized carbons (Fsp3) is 0.643. The van der Waals surface area contributed by atoms with Crippen molar-refractivity contribution in [3.63, 3.8) is 0 Å². The molecule has 1 fully saturated rings. The zero-order valence-corrected chi connectivity index (χ0v) is 10.5. The van der Waals surface area contributed by atoms with Crippen LogP contribution in [0.25, 0.3) is 0 Å². The maximum Gasteiger partial charge on any atom is 0.217 e. The number of rotatable bonds is 4. The van der Waals surface area contributed by atoms with Gasteiger partial charge in [-0.25, -0.2) is 4.98 Å². The van der Waals surface area contributed by atoms with Gasteiger partial charge < -0.3 is 4.74 Å². The summed E-state index contributed by atoms with van der Waals surface area (Å²) in [6.45, 7) is 7.22. The monoisotopic (exact) mass is 219 g/mol. The Morgan fingerprint density at radius 3 is 2.69 bits per heavy atom. The minimum atomic E-state index is 0.476. The van der Waals surface area contributed by atoms with E-state index in [0.717, 1.165) is 24.1 Å². The summed E-state index contributed by atoms with van der Waals surface area (Å²) in [5.41, 5.74) is 2.26. The standard InChI is InChI=1S/C14H21NO/c1-10(2)13-8-7-11(3)15-14(13)16-9-12-5-4-6-12/h7-8,10,12H,4-6,9H2,1-3H3. The van der Waals surface area contributed by atoms with Crippen LogP contribution in [0.4, 0.5) is 0 Å². The molecule has 0 amide bonds. The van der Waals surface area contributed by atoms with E-state index in [1.165, 1.54) is 24.8 Å². The first-order valence-electron chi connectivity index (χ1n) is 6.27. The van der Waals surface area contributed by atoms with Crippen LogP contribution < -0.4 is 4.74 Å². The summed E-state index contributed by atoms with van der Waals surface area (Å²) in [5.74, 6) is 2.09. The summed E-state index contributed by atoms with van der Waals surface area (Å²) in [4.78, 5) is 4.50. The molecule has 1 aromatic heterocycles. The number of pyridine rings is 1. The van der Waals surface area contributed by atoms with Crippen molar-refractivity contribution in [2.24, 2.45) is 5.92 Å². The molecule has 1 aromatic rings. The molecule has 1 aliphatic rings. The van der Waals surface area contributed by atoms with E-state index in [9.17, 15) is 0 Å². The second-order valence-corrected chi connectivity index (χ2v) is 5.11. The lowest BCUT2D eigenvalue weighted by molar-refractivity contribution is 0.174. The molecule has 88 valence electrons. The second kappa shape index (κ2) is 4.86. The molecule has 0 N–H and O–H groups in total. The van der Waals surface area contributed by atoms with Gasteiger partial charge >= 0.3 is 0 Å². The Balaban J connectivity index is 2.06. The quantitative estimate of drug-likeness (QED) is 0.770. The van der Waals surface area contributed by atoms with Gasteiger partial charge in [0.05, 0.1) is 6.61 Å². The van der Waals surface area contributed by atoms with Crippen molar-refractivity contribution < 1.29 is 4.74 Å². The molecular weight excluding hydrogens is 198 g/mol. The van der Waals surface area contributed by atoms with E-state index >= 15 is 0 Å². The van der Waals surface area contributed by atoms with Crippen LogP contribution in [0.1, 0.15) is 50.3 Å². The van der Waals surface area contributed by atoms with Gasteiger partial charge in [-0.1, -0.05) is 26.3 Å². The Labute approximate surface area is 98.0 Å². The van der Waals surface area contributed by atoms with Gasteiger partial charge in [0.15, 0.2) is 0 Å². The third-order valence-electron chi connectivity index (χ3n) is 3.33. The SMILES string of the molecule is Cc1ccc(C(C)C)c(OCC2CCC2)n1. The molecule has 0 spiro atoms. The fourth-order valence-electron chi connectivity index (χ4n) is 1.95. The maximum atomic E-state index is 5.87. The first kappa shape index (κ1) is 11.4. The Morgan fingerprint density at radius 2 is 2.12 bits per heavy atom. The van der Waals surface area contributed by atoms with Crippen LogP contribution in [0.5, 0.6) is 5.88 Å². The first-order chi connectivity index (χ1) is 7.66. The van der Waals surface area contributed by atoms with Crippen LogP contribution in [-0.4, -0.2) is 11.6 Å². The highest BCUT2D eigenvalue weighted by Crippen LogP contribution is 2.29. The van der Waals surface area contributed by atoms with E-state index in [1.807, 2.05) is 6.92 Å². The molecule has 0 unspecified atom stereocenters. The van der Waals surface area contributed by atoms with Crippen molar-refractivity contribution in [3.8, 4) is 5.88 Å². The topological polar surface area (TPSA) is 22.1 Å². The minimum Gasteiger partial charge on any atom is -0.477 e. The van der Waals surface area contributed by atoms with Gasteiger partial charge in [-0.2, -0.15) is 0 Å².